The SMILES string of the molecule is CN(C)C(=O)NCC(=O)N1CCC[C@H](COc2ccc(F)cc2)C1. The van der Waals surface area contributed by atoms with E-state index >= 15 is 0 Å². The summed E-state index contributed by atoms with van der Waals surface area (Å²) in [5.74, 6) is 0.476. The zero-order chi connectivity index (χ0) is 17.5. The summed E-state index contributed by atoms with van der Waals surface area (Å²) in [6, 6.07) is 5.63. The Kier molecular flexibility index (Phi) is 6.40. The number of piperidine rings is 1. The molecule has 1 atom stereocenters. The van der Waals surface area contributed by atoms with Gasteiger partial charge in [-0.15, -0.1) is 0 Å². The number of carbonyl (C=O) groups excluding carboxylic acids is 2. The van der Waals surface area contributed by atoms with Gasteiger partial charge in [-0.2, -0.15) is 0 Å². The Morgan fingerprint density at radius 2 is 2.04 bits per heavy atom. The highest BCUT2D eigenvalue weighted by molar-refractivity contribution is 5.83. The van der Waals surface area contributed by atoms with Crippen LogP contribution in [0, 0.1) is 11.7 Å². The molecule has 2 rings (SSSR count). The summed E-state index contributed by atoms with van der Waals surface area (Å²) in [7, 11) is 3.26. The standard InChI is InChI=1S/C17H24FN3O3/c1-20(2)17(23)19-10-16(22)21-9-3-4-13(11-21)12-24-15-7-5-14(18)6-8-15/h5-8,13H,3-4,9-12H2,1-2H3,(H,19,23)/t13-/m0/s1. The first kappa shape index (κ1) is 18.0. The quantitative estimate of drug-likeness (QED) is 0.890. The van der Waals surface area contributed by atoms with E-state index in [1.54, 1.807) is 31.1 Å². The van der Waals surface area contributed by atoms with Gasteiger partial charge in [-0.25, -0.2) is 9.18 Å². The Hall–Kier alpha value is -2.31. The van der Waals surface area contributed by atoms with Crippen LogP contribution < -0.4 is 10.1 Å². The fraction of sp³-hybridized carbons (Fsp3) is 0.529. The van der Waals surface area contributed by atoms with Crippen molar-refractivity contribution in [3.8, 4) is 5.75 Å². The number of nitrogens with one attached hydrogen (secondary N) is 1. The molecular formula is C17H24FN3O3. The van der Waals surface area contributed by atoms with Crippen LogP contribution in [-0.4, -0.2) is 62.1 Å². The van der Waals surface area contributed by atoms with Gasteiger partial charge >= 0.3 is 6.03 Å². The number of urea groups is 1. The van der Waals surface area contributed by atoms with E-state index < -0.39 is 0 Å². The van der Waals surface area contributed by atoms with Crippen molar-refractivity contribution in [2.24, 2.45) is 5.92 Å². The van der Waals surface area contributed by atoms with Crippen molar-refractivity contribution in [3.05, 3.63) is 30.1 Å². The molecule has 1 aliphatic rings. The molecule has 0 aliphatic carbocycles. The molecule has 0 unspecified atom stereocenters. The van der Waals surface area contributed by atoms with E-state index in [1.165, 1.54) is 17.0 Å². The molecule has 1 N–H and O–H groups in total. The molecular weight excluding hydrogens is 313 g/mol. The van der Waals surface area contributed by atoms with Crippen LogP contribution in [-0.2, 0) is 4.79 Å². The highest BCUT2D eigenvalue weighted by Crippen LogP contribution is 2.19. The molecule has 0 spiro atoms. The van der Waals surface area contributed by atoms with Gasteiger partial charge in [0.25, 0.3) is 0 Å². The molecule has 132 valence electrons. The van der Waals surface area contributed by atoms with Crippen LogP contribution in [0.5, 0.6) is 5.75 Å². The number of likely N-dealkylation sites (tertiary alicyclic amines) is 1. The Morgan fingerprint density at radius 1 is 1.33 bits per heavy atom. The van der Waals surface area contributed by atoms with Gasteiger partial charge in [0.15, 0.2) is 0 Å². The summed E-state index contributed by atoms with van der Waals surface area (Å²) in [5.41, 5.74) is 0. The summed E-state index contributed by atoms with van der Waals surface area (Å²) in [4.78, 5) is 26.8. The number of nitrogens with zero attached hydrogens (tertiary/aromatic N) is 2. The van der Waals surface area contributed by atoms with Gasteiger partial charge in [0.1, 0.15) is 11.6 Å². The second-order valence-electron chi connectivity index (χ2n) is 6.17. The first-order chi connectivity index (χ1) is 11.5. The number of amides is 3. The third kappa shape index (κ3) is 5.40. The number of halogens is 1. The normalized spacial score (nSPS) is 17.3. The topological polar surface area (TPSA) is 61.9 Å². The van der Waals surface area contributed by atoms with E-state index in [0.29, 0.717) is 25.4 Å². The number of rotatable bonds is 5. The number of benzene rings is 1. The number of ether oxygens (including phenoxy) is 1. The number of hydrogen-bond donors (Lipinski definition) is 1. The van der Waals surface area contributed by atoms with E-state index in [1.807, 2.05) is 0 Å². The maximum atomic E-state index is 12.9. The van der Waals surface area contributed by atoms with Crippen LogP contribution in [0.2, 0.25) is 0 Å². The second-order valence-corrected chi connectivity index (χ2v) is 6.17. The molecule has 1 fully saturated rings. The van der Waals surface area contributed by atoms with Gasteiger partial charge < -0.3 is 19.9 Å². The largest absolute Gasteiger partial charge is 0.493 e. The molecule has 1 aromatic rings. The summed E-state index contributed by atoms with van der Waals surface area (Å²) >= 11 is 0. The lowest BCUT2D eigenvalue weighted by molar-refractivity contribution is -0.132. The minimum atomic E-state index is -0.295. The van der Waals surface area contributed by atoms with Gasteiger partial charge in [-0.3, -0.25) is 4.79 Å². The molecule has 1 aliphatic heterocycles. The van der Waals surface area contributed by atoms with Gasteiger partial charge in [0.05, 0.1) is 13.2 Å². The molecule has 6 nitrogen and oxygen atoms in total. The van der Waals surface area contributed by atoms with Gasteiger partial charge in [0, 0.05) is 33.1 Å². The van der Waals surface area contributed by atoms with Crippen molar-refractivity contribution >= 4 is 11.9 Å². The highest BCUT2D eigenvalue weighted by atomic mass is 19.1. The molecule has 1 heterocycles. The van der Waals surface area contributed by atoms with E-state index in [4.69, 9.17) is 4.74 Å². The van der Waals surface area contributed by atoms with Crippen molar-refractivity contribution in [3.63, 3.8) is 0 Å². The summed E-state index contributed by atoms with van der Waals surface area (Å²) in [5, 5.41) is 2.59. The van der Waals surface area contributed by atoms with Gasteiger partial charge in [-0.05, 0) is 37.1 Å². The summed E-state index contributed by atoms with van der Waals surface area (Å²) in [6.45, 7) is 1.80. The van der Waals surface area contributed by atoms with Crippen LogP contribution in [0.1, 0.15) is 12.8 Å². The van der Waals surface area contributed by atoms with Crippen LogP contribution in [0.3, 0.4) is 0 Å². The number of hydrogen-bond acceptors (Lipinski definition) is 3. The average Bonchev–Trinajstić information content (AvgIpc) is 2.59. The molecule has 1 saturated heterocycles. The minimum absolute atomic E-state index is 0.00253. The first-order valence-corrected chi connectivity index (χ1v) is 8.07. The molecule has 0 saturated carbocycles. The Bertz CT molecular complexity index is 563. The van der Waals surface area contributed by atoms with Crippen LogP contribution >= 0.6 is 0 Å². The molecule has 0 radical (unpaired) electrons. The smallest absolute Gasteiger partial charge is 0.317 e. The van der Waals surface area contributed by atoms with Gasteiger partial charge in [0.2, 0.25) is 5.91 Å². The average molecular weight is 337 g/mol. The van der Waals surface area contributed by atoms with Crippen LogP contribution in [0.15, 0.2) is 24.3 Å². The molecule has 24 heavy (non-hydrogen) atoms. The van der Waals surface area contributed by atoms with Crippen LogP contribution in [0.25, 0.3) is 0 Å². The third-order valence-corrected chi connectivity index (χ3v) is 3.97. The zero-order valence-electron chi connectivity index (χ0n) is 14.1. The summed E-state index contributed by atoms with van der Waals surface area (Å²) in [6.07, 6.45) is 1.89. The third-order valence-electron chi connectivity index (χ3n) is 3.97. The predicted molar refractivity (Wildman–Crippen MR) is 88.3 cm³/mol. The predicted octanol–water partition coefficient (Wildman–Crippen LogP) is 1.71. The van der Waals surface area contributed by atoms with Crippen molar-refractivity contribution in [2.45, 2.75) is 12.8 Å². The molecule has 3 amide bonds. The van der Waals surface area contributed by atoms with Crippen molar-refractivity contribution in [1.82, 2.24) is 15.1 Å². The molecule has 1 aromatic carbocycles. The highest BCUT2D eigenvalue weighted by Gasteiger charge is 2.24. The minimum Gasteiger partial charge on any atom is -0.493 e. The Balaban J connectivity index is 1.77. The lowest BCUT2D eigenvalue weighted by Crippen LogP contribution is -2.47. The zero-order valence-corrected chi connectivity index (χ0v) is 14.1. The Morgan fingerprint density at radius 3 is 2.71 bits per heavy atom. The van der Waals surface area contributed by atoms with Crippen molar-refractivity contribution in [2.75, 3.05) is 40.3 Å². The maximum absolute atomic E-state index is 12.9. The monoisotopic (exact) mass is 337 g/mol. The fourth-order valence-corrected chi connectivity index (χ4v) is 2.59. The fourth-order valence-electron chi connectivity index (χ4n) is 2.59. The second kappa shape index (κ2) is 8.52. The number of carbonyl (C=O) groups is 2. The molecule has 0 bridgehead atoms. The Labute approximate surface area is 141 Å². The van der Waals surface area contributed by atoms with E-state index in [2.05, 4.69) is 5.32 Å². The van der Waals surface area contributed by atoms with E-state index in [-0.39, 0.29) is 30.2 Å². The molecule has 7 heteroatoms. The maximum Gasteiger partial charge on any atom is 0.317 e. The lowest BCUT2D eigenvalue weighted by atomic mass is 9.99. The summed E-state index contributed by atoms with van der Waals surface area (Å²) < 4.78 is 18.5. The van der Waals surface area contributed by atoms with E-state index in [0.717, 1.165) is 12.8 Å². The first-order valence-electron chi connectivity index (χ1n) is 8.07. The van der Waals surface area contributed by atoms with Crippen LogP contribution in [0.4, 0.5) is 9.18 Å². The van der Waals surface area contributed by atoms with Crippen molar-refractivity contribution in [1.29, 1.82) is 0 Å². The van der Waals surface area contributed by atoms with Gasteiger partial charge in [-0.1, -0.05) is 0 Å². The molecule has 0 aromatic heterocycles. The van der Waals surface area contributed by atoms with Crippen molar-refractivity contribution < 1.29 is 18.7 Å². The van der Waals surface area contributed by atoms with E-state index in [9.17, 15) is 14.0 Å². The lowest BCUT2D eigenvalue weighted by Gasteiger charge is -2.32.